The summed E-state index contributed by atoms with van der Waals surface area (Å²) in [5.41, 5.74) is -0.107. The zero-order chi connectivity index (χ0) is 17.4. The number of rotatable bonds is 8. The number of nitrogens with zero attached hydrogens (tertiary/aromatic N) is 1. The molecule has 8 heteroatoms. The van der Waals surface area contributed by atoms with E-state index in [0.717, 1.165) is 6.07 Å². The van der Waals surface area contributed by atoms with Crippen molar-refractivity contribution >= 4 is 22.7 Å². The number of aromatic hydroxyl groups is 1. The van der Waals surface area contributed by atoms with Gasteiger partial charge in [0.1, 0.15) is 5.75 Å². The van der Waals surface area contributed by atoms with E-state index >= 15 is 0 Å². The lowest BCUT2D eigenvalue weighted by Gasteiger charge is -2.20. The van der Waals surface area contributed by atoms with Crippen molar-refractivity contribution in [3.63, 3.8) is 0 Å². The summed E-state index contributed by atoms with van der Waals surface area (Å²) in [6.07, 6.45) is 0. The van der Waals surface area contributed by atoms with Crippen LogP contribution in [0.4, 0.5) is 5.69 Å². The molecule has 0 bridgehead atoms. The molecule has 1 N–H and O–H groups in total. The molecule has 0 amide bonds. The second-order valence-electron chi connectivity index (χ2n) is 4.52. The van der Waals surface area contributed by atoms with E-state index in [2.05, 4.69) is 4.74 Å². The highest BCUT2D eigenvalue weighted by molar-refractivity contribution is 7.81. The van der Waals surface area contributed by atoms with Crippen LogP contribution in [-0.2, 0) is 20.6 Å². The number of carbonyl (C=O) groups excluding carboxylic acids is 1. The van der Waals surface area contributed by atoms with Gasteiger partial charge in [-0.2, -0.15) is 0 Å². The van der Waals surface area contributed by atoms with Gasteiger partial charge in [0, 0.05) is 37.0 Å². The largest absolute Gasteiger partial charge is 0.504 e. The zero-order valence-corrected chi connectivity index (χ0v) is 14.2. The van der Waals surface area contributed by atoms with Crippen LogP contribution in [0, 0.1) is 0 Å². The molecule has 0 aliphatic carbocycles. The molecule has 1 atom stereocenters. The summed E-state index contributed by atoms with van der Waals surface area (Å²) in [5.74, 6) is -1.51. The molecule has 23 heavy (non-hydrogen) atoms. The van der Waals surface area contributed by atoms with Crippen molar-refractivity contribution in [2.45, 2.75) is 20.8 Å². The molecule has 1 aromatic carbocycles. The first kappa shape index (κ1) is 19.0. The summed E-state index contributed by atoms with van der Waals surface area (Å²) in [6.45, 7) is 6.97. The van der Waals surface area contributed by atoms with Crippen LogP contribution in [-0.4, -0.2) is 40.7 Å². The highest BCUT2D eigenvalue weighted by atomic mass is 32.2. The summed E-state index contributed by atoms with van der Waals surface area (Å²) in [4.78, 5) is 24.9. The van der Waals surface area contributed by atoms with Gasteiger partial charge in [0.2, 0.25) is 16.5 Å². The van der Waals surface area contributed by atoms with E-state index in [-0.39, 0.29) is 12.4 Å². The van der Waals surface area contributed by atoms with Gasteiger partial charge in [-0.15, -0.1) is 0 Å². The van der Waals surface area contributed by atoms with Gasteiger partial charge in [0.15, 0.2) is 11.5 Å². The number of hydrogen-bond donors (Lipinski definition) is 1. The Kier molecular flexibility index (Phi) is 7.53. The van der Waals surface area contributed by atoms with E-state index in [9.17, 15) is 18.9 Å². The van der Waals surface area contributed by atoms with E-state index in [0.29, 0.717) is 18.8 Å². The van der Waals surface area contributed by atoms with E-state index in [1.807, 2.05) is 18.7 Å². The average molecular weight is 343 g/mol. The molecule has 0 aromatic heterocycles. The highest BCUT2D eigenvalue weighted by Gasteiger charge is 2.13. The number of ether oxygens (including phenoxy) is 1. The molecule has 0 heterocycles. The van der Waals surface area contributed by atoms with Crippen LogP contribution < -0.4 is 14.5 Å². The molecule has 1 rings (SSSR count). The van der Waals surface area contributed by atoms with Crippen LogP contribution in [0.3, 0.4) is 0 Å². The van der Waals surface area contributed by atoms with Crippen LogP contribution in [0.15, 0.2) is 23.0 Å². The molecule has 0 fully saturated rings. The van der Waals surface area contributed by atoms with Crippen LogP contribution in [0.1, 0.15) is 20.8 Å². The van der Waals surface area contributed by atoms with Crippen molar-refractivity contribution in [3.05, 3.63) is 28.4 Å². The third-order valence-corrected chi connectivity index (χ3v) is 3.81. The van der Waals surface area contributed by atoms with Gasteiger partial charge in [-0.1, -0.05) is 0 Å². The molecule has 1 aromatic rings. The van der Waals surface area contributed by atoms with Crippen LogP contribution in [0.2, 0.25) is 0 Å². The van der Waals surface area contributed by atoms with Crippen molar-refractivity contribution in [2.24, 2.45) is 0 Å². The quantitative estimate of drug-likeness (QED) is 0.709. The summed E-state index contributed by atoms with van der Waals surface area (Å²) >= 11 is -1.98. The molecule has 0 spiro atoms. The van der Waals surface area contributed by atoms with Gasteiger partial charge in [-0.25, -0.2) is 4.21 Å². The molecular formula is C15H21NO6S. The minimum Gasteiger partial charge on any atom is -0.504 e. The Balaban J connectivity index is 3.07. The second kappa shape index (κ2) is 9.14. The molecule has 0 radical (unpaired) electrons. The minimum atomic E-state index is -1.98. The summed E-state index contributed by atoms with van der Waals surface area (Å²) < 4.78 is 21.7. The van der Waals surface area contributed by atoms with E-state index < -0.39 is 34.0 Å². The molecule has 128 valence electrons. The minimum absolute atomic E-state index is 0.0137. The fourth-order valence-electron chi connectivity index (χ4n) is 1.90. The highest BCUT2D eigenvalue weighted by Crippen LogP contribution is 2.22. The van der Waals surface area contributed by atoms with Crippen molar-refractivity contribution in [1.82, 2.24) is 0 Å². The van der Waals surface area contributed by atoms with Crippen LogP contribution in [0.25, 0.3) is 0 Å². The Bertz CT molecular complexity index is 630. The summed E-state index contributed by atoms with van der Waals surface area (Å²) in [5, 5.41) is 9.73. The monoisotopic (exact) mass is 343 g/mol. The predicted octanol–water partition coefficient (Wildman–Crippen LogP) is 1.20. The van der Waals surface area contributed by atoms with Gasteiger partial charge in [0.05, 0.1) is 6.61 Å². The standard InChI is InChI=1S/C15H21NO6S/c1-4-16(5-2)11-7-12(9-14(18)13(17)8-11)22-23(20)10-15(19)21-6-3/h7-9H,4-6,10H2,1-3H3,(H,17,18). The van der Waals surface area contributed by atoms with Crippen molar-refractivity contribution in [1.29, 1.82) is 0 Å². The Morgan fingerprint density at radius 2 is 1.87 bits per heavy atom. The maximum atomic E-state index is 11.8. The number of carbonyl (C=O) groups is 1. The SMILES string of the molecule is CCOC(=O)CS(=O)Oc1cc(N(CC)CC)cc(O)c(=O)c1. The first-order valence-corrected chi connectivity index (χ1v) is 8.51. The topological polar surface area (TPSA) is 93.1 Å². The van der Waals surface area contributed by atoms with Gasteiger partial charge in [-0.3, -0.25) is 9.59 Å². The number of hydrogen-bond acceptors (Lipinski definition) is 7. The van der Waals surface area contributed by atoms with E-state index in [1.165, 1.54) is 12.1 Å². The summed E-state index contributed by atoms with van der Waals surface area (Å²) in [6, 6.07) is 3.86. The van der Waals surface area contributed by atoms with E-state index in [1.54, 1.807) is 6.92 Å². The van der Waals surface area contributed by atoms with Crippen molar-refractivity contribution in [2.75, 3.05) is 30.3 Å². The lowest BCUT2D eigenvalue weighted by Crippen LogP contribution is -2.21. The smallest absolute Gasteiger partial charge is 0.322 e. The molecular weight excluding hydrogens is 322 g/mol. The maximum Gasteiger partial charge on any atom is 0.322 e. The van der Waals surface area contributed by atoms with E-state index in [4.69, 9.17) is 4.18 Å². The van der Waals surface area contributed by atoms with Crippen LogP contribution >= 0.6 is 0 Å². The van der Waals surface area contributed by atoms with Crippen molar-refractivity contribution < 1.29 is 23.0 Å². The lowest BCUT2D eigenvalue weighted by atomic mass is 10.3. The molecule has 0 saturated carbocycles. The van der Waals surface area contributed by atoms with Gasteiger partial charge >= 0.3 is 5.97 Å². The first-order valence-electron chi connectivity index (χ1n) is 7.26. The predicted molar refractivity (Wildman–Crippen MR) is 88.2 cm³/mol. The van der Waals surface area contributed by atoms with Gasteiger partial charge < -0.3 is 18.9 Å². The Hall–Kier alpha value is -2.09. The Morgan fingerprint density at radius 3 is 2.43 bits per heavy atom. The Morgan fingerprint density at radius 1 is 1.22 bits per heavy atom. The summed E-state index contributed by atoms with van der Waals surface area (Å²) in [7, 11) is 0. The third-order valence-electron chi connectivity index (χ3n) is 2.96. The average Bonchev–Trinajstić information content (AvgIpc) is 2.60. The molecule has 0 saturated heterocycles. The van der Waals surface area contributed by atoms with Gasteiger partial charge in [0.25, 0.3) is 0 Å². The fourth-order valence-corrected chi connectivity index (χ4v) is 2.54. The molecule has 1 unspecified atom stereocenters. The number of anilines is 1. The van der Waals surface area contributed by atoms with Crippen molar-refractivity contribution in [3.8, 4) is 11.5 Å². The molecule has 0 aliphatic rings. The Labute approximate surface area is 137 Å². The van der Waals surface area contributed by atoms with Crippen LogP contribution in [0.5, 0.6) is 11.5 Å². The first-order chi connectivity index (χ1) is 10.9. The zero-order valence-electron chi connectivity index (χ0n) is 13.4. The maximum absolute atomic E-state index is 11.8. The van der Waals surface area contributed by atoms with Gasteiger partial charge in [-0.05, 0) is 20.8 Å². The lowest BCUT2D eigenvalue weighted by molar-refractivity contribution is -0.139. The number of esters is 1. The second-order valence-corrected chi connectivity index (χ2v) is 5.58. The fraction of sp³-hybridized carbons (Fsp3) is 0.467. The third kappa shape index (κ3) is 5.90. The molecule has 7 nitrogen and oxygen atoms in total. The molecule has 0 aliphatic heterocycles. The normalized spacial score (nSPS) is 11.6.